The van der Waals surface area contributed by atoms with Crippen LogP contribution in [0.3, 0.4) is 0 Å². The lowest BCUT2D eigenvalue weighted by atomic mass is 10.2. The molecule has 0 spiro atoms. The molecule has 1 amide bonds. The minimum atomic E-state index is -0.895. The highest BCUT2D eigenvalue weighted by atomic mass is 16.6. The van der Waals surface area contributed by atoms with Gasteiger partial charge >= 0.3 is 12.1 Å². The van der Waals surface area contributed by atoms with Crippen LogP contribution in [0.5, 0.6) is 0 Å². The van der Waals surface area contributed by atoms with E-state index in [4.69, 9.17) is 28.4 Å². The Hall–Kier alpha value is -1.46. The van der Waals surface area contributed by atoms with Crippen molar-refractivity contribution < 1.29 is 38.0 Å². The lowest BCUT2D eigenvalue weighted by molar-refractivity contribution is -0.172. The molecule has 0 bridgehead atoms. The monoisotopic (exact) mass is 462 g/mol. The van der Waals surface area contributed by atoms with Crippen LogP contribution >= 0.6 is 0 Å². The van der Waals surface area contributed by atoms with E-state index >= 15 is 0 Å². The average Bonchev–Trinajstić information content (AvgIpc) is 2.65. The molecular weight excluding hydrogens is 420 g/mol. The van der Waals surface area contributed by atoms with E-state index in [2.05, 4.69) is 5.32 Å². The van der Waals surface area contributed by atoms with Crippen LogP contribution in [0.2, 0.25) is 0 Å². The van der Waals surface area contributed by atoms with Crippen LogP contribution in [0.1, 0.15) is 41.5 Å². The van der Waals surface area contributed by atoms with Gasteiger partial charge in [0.25, 0.3) is 0 Å². The summed E-state index contributed by atoms with van der Waals surface area (Å²) in [6.07, 6.45) is -1.36. The van der Waals surface area contributed by atoms with Gasteiger partial charge in [0, 0.05) is 26.2 Å². The van der Waals surface area contributed by atoms with Gasteiger partial charge in [0.1, 0.15) is 11.2 Å². The molecule has 188 valence electrons. The predicted molar refractivity (Wildman–Crippen MR) is 119 cm³/mol. The molecule has 10 heteroatoms. The molecule has 1 N–H and O–H groups in total. The molecule has 1 atom stereocenters. The zero-order chi connectivity index (χ0) is 24.0. The molecule has 1 fully saturated rings. The van der Waals surface area contributed by atoms with Crippen molar-refractivity contribution in [2.75, 3.05) is 72.4 Å². The van der Waals surface area contributed by atoms with Gasteiger partial charge in [-0.1, -0.05) is 0 Å². The first-order valence-corrected chi connectivity index (χ1v) is 11.2. The van der Waals surface area contributed by atoms with Gasteiger partial charge in [-0.25, -0.2) is 9.59 Å². The topological polar surface area (TPSA) is 105 Å². The first kappa shape index (κ1) is 28.6. The fraction of sp³-hybridized carbons (Fsp3) is 0.909. The van der Waals surface area contributed by atoms with Crippen molar-refractivity contribution in [3.8, 4) is 0 Å². The second kappa shape index (κ2) is 14.6. The molecule has 0 aromatic heterocycles. The van der Waals surface area contributed by atoms with E-state index in [0.29, 0.717) is 52.7 Å². The van der Waals surface area contributed by atoms with E-state index in [0.717, 1.165) is 0 Å². The number of amides is 1. The Balaban J connectivity index is 2.77. The number of esters is 1. The van der Waals surface area contributed by atoms with E-state index in [1.54, 1.807) is 20.8 Å². The summed E-state index contributed by atoms with van der Waals surface area (Å²) < 4.78 is 33.4. The summed E-state index contributed by atoms with van der Waals surface area (Å²) in [5, 5.41) is 3.20. The van der Waals surface area contributed by atoms with Crippen molar-refractivity contribution >= 4 is 12.1 Å². The molecule has 1 unspecified atom stereocenters. The summed E-state index contributed by atoms with van der Waals surface area (Å²) in [7, 11) is 0. The zero-order valence-corrected chi connectivity index (χ0v) is 20.6. The Bertz CT molecular complexity index is 499. The molecular formula is C22H42N2O8. The Labute approximate surface area is 192 Å². The second-order valence-electron chi connectivity index (χ2n) is 9.41. The molecule has 32 heavy (non-hydrogen) atoms. The number of hydrogen-bond donors (Lipinski definition) is 1. The Morgan fingerprint density at radius 2 is 1.34 bits per heavy atom. The SMILES string of the molecule is CC(C)(C)OC(=O)C1COCCNCCOCCOCCN(C(=O)OC(C)(C)C)CCO1. The van der Waals surface area contributed by atoms with Gasteiger partial charge in [0.05, 0.1) is 46.2 Å². The van der Waals surface area contributed by atoms with Gasteiger partial charge in [-0.2, -0.15) is 0 Å². The zero-order valence-electron chi connectivity index (χ0n) is 20.6. The summed E-state index contributed by atoms with van der Waals surface area (Å²) >= 11 is 0. The molecule has 1 aliphatic rings. The molecule has 0 aromatic rings. The second-order valence-corrected chi connectivity index (χ2v) is 9.41. The maximum Gasteiger partial charge on any atom is 0.410 e. The molecule has 1 aliphatic heterocycles. The van der Waals surface area contributed by atoms with Crippen LogP contribution in [0.25, 0.3) is 0 Å². The normalized spacial score (nSPS) is 21.8. The third-order valence-corrected chi connectivity index (χ3v) is 3.99. The van der Waals surface area contributed by atoms with E-state index in [9.17, 15) is 9.59 Å². The molecule has 1 saturated heterocycles. The summed E-state index contributed by atoms with van der Waals surface area (Å²) in [5.74, 6) is -0.500. The van der Waals surface area contributed by atoms with Crippen molar-refractivity contribution in [1.29, 1.82) is 0 Å². The van der Waals surface area contributed by atoms with Gasteiger partial charge in [0.2, 0.25) is 0 Å². The molecule has 1 rings (SSSR count). The summed E-state index contributed by atoms with van der Waals surface area (Å²) in [6, 6.07) is 0. The molecule has 0 saturated carbocycles. The first-order chi connectivity index (χ1) is 15.0. The minimum absolute atomic E-state index is 0.0582. The maximum atomic E-state index is 12.6. The van der Waals surface area contributed by atoms with Crippen LogP contribution in [-0.4, -0.2) is 107 Å². The van der Waals surface area contributed by atoms with Crippen LogP contribution < -0.4 is 5.32 Å². The minimum Gasteiger partial charge on any atom is -0.458 e. The predicted octanol–water partition coefficient (Wildman–Crippen LogP) is 1.60. The number of carbonyl (C=O) groups excluding carboxylic acids is 2. The Morgan fingerprint density at radius 3 is 1.97 bits per heavy atom. The highest BCUT2D eigenvalue weighted by molar-refractivity contribution is 5.75. The molecule has 10 nitrogen and oxygen atoms in total. The number of nitrogens with zero attached hydrogens (tertiary/aromatic N) is 1. The smallest absolute Gasteiger partial charge is 0.410 e. The summed E-state index contributed by atoms with van der Waals surface area (Å²) in [5.41, 5.74) is -1.27. The number of rotatable bonds is 1. The Kier molecular flexibility index (Phi) is 13.1. The standard InChI is InChI=1S/C22H42N2O8/c1-21(2,3)31-19(25)18-17-29-12-8-23-7-11-27-15-16-28-13-9-24(10-14-30-18)20(26)32-22(4,5)6/h18,23H,7-17H2,1-6H3. The molecule has 0 radical (unpaired) electrons. The van der Waals surface area contributed by atoms with Crippen LogP contribution in [0.15, 0.2) is 0 Å². The largest absolute Gasteiger partial charge is 0.458 e. The van der Waals surface area contributed by atoms with Gasteiger partial charge in [-0.3, -0.25) is 0 Å². The summed E-state index contributed by atoms with van der Waals surface area (Å²) in [4.78, 5) is 26.6. The average molecular weight is 463 g/mol. The number of hydrogen-bond acceptors (Lipinski definition) is 9. The fourth-order valence-electron chi connectivity index (χ4n) is 2.58. The number of ether oxygens (including phenoxy) is 6. The van der Waals surface area contributed by atoms with Crippen LogP contribution in [0, 0.1) is 0 Å². The summed E-state index contributed by atoms with van der Waals surface area (Å²) in [6.45, 7) is 15.1. The van der Waals surface area contributed by atoms with E-state index in [1.165, 1.54) is 4.90 Å². The fourth-order valence-corrected chi connectivity index (χ4v) is 2.58. The molecule has 1 heterocycles. The van der Waals surface area contributed by atoms with Crippen molar-refractivity contribution in [1.82, 2.24) is 10.2 Å². The van der Waals surface area contributed by atoms with Gasteiger partial charge in [-0.05, 0) is 41.5 Å². The van der Waals surface area contributed by atoms with Crippen molar-refractivity contribution in [2.24, 2.45) is 0 Å². The third kappa shape index (κ3) is 14.6. The van der Waals surface area contributed by atoms with Crippen molar-refractivity contribution in [3.05, 3.63) is 0 Å². The van der Waals surface area contributed by atoms with E-state index in [1.807, 2.05) is 20.8 Å². The van der Waals surface area contributed by atoms with Crippen molar-refractivity contribution in [2.45, 2.75) is 58.8 Å². The molecule has 0 aromatic carbocycles. The van der Waals surface area contributed by atoms with E-state index < -0.39 is 29.4 Å². The number of carbonyl (C=O) groups is 2. The quantitative estimate of drug-likeness (QED) is 0.582. The van der Waals surface area contributed by atoms with Crippen LogP contribution in [0.4, 0.5) is 4.79 Å². The Morgan fingerprint density at radius 1 is 0.781 bits per heavy atom. The highest BCUT2D eigenvalue weighted by Crippen LogP contribution is 2.12. The van der Waals surface area contributed by atoms with E-state index in [-0.39, 0.29) is 19.8 Å². The number of nitrogens with one attached hydrogen (secondary N) is 1. The molecule has 0 aliphatic carbocycles. The lowest BCUT2D eigenvalue weighted by Crippen LogP contribution is -2.42. The van der Waals surface area contributed by atoms with Gasteiger partial charge < -0.3 is 38.6 Å². The van der Waals surface area contributed by atoms with Crippen LogP contribution in [-0.2, 0) is 33.2 Å². The van der Waals surface area contributed by atoms with Gasteiger partial charge in [0.15, 0.2) is 6.10 Å². The third-order valence-electron chi connectivity index (χ3n) is 3.99. The first-order valence-electron chi connectivity index (χ1n) is 11.2. The highest BCUT2D eigenvalue weighted by Gasteiger charge is 2.27. The lowest BCUT2D eigenvalue weighted by Gasteiger charge is -2.28. The van der Waals surface area contributed by atoms with Gasteiger partial charge in [-0.15, -0.1) is 0 Å². The van der Waals surface area contributed by atoms with Crippen molar-refractivity contribution in [3.63, 3.8) is 0 Å². The maximum absolute atomic E-state index is 12.6.